The third kappa shape index (κ3) is 4.15. The minimum Gasteiger partial charge on any atom is -0.340 e. The Hall–Kier alpha value is -1.42. The zero-order valence-electron chi connectivity index (χ0n) is 10.6. The summed E-state index contributed by atoms with van der Waals surface area (Å²) in [5.41, 5.74) is 1.55. The molecule has 0 aliphatic heterocycles. The topological polar surface area (TPSA) is 32.3 Å². The molecule has 17 heavy (non-hydrogen) atoms. The van der Waals surface area contributed by atoms with Crippen LogP contribution in [0.2, 0.25) is 0 Å². The minimum absolute atomic E-state index is 0.0345. The summed E-state index contributed by atoms with van der Waals surface area (Å²) < 4.78 is 13.5. The number of benzene rings is 1. The average molecular weight is 238 g/mol. The van der Waals surface area contributed by atoms with Crippen molar-refractivity contribution in [2.75, 3.05) is 20.1 Å². The first-order chi connectivity index (χ1) is 8.04. The molecule has 0 saturated carbocycles. The number of halogens is 1. The van der Waals surface area contributed by atoms with Gasteiger partial charge in [0.25, 0.3) is 0 Å². The number of carbonyl (C=O) groups is 1. The van der Waals surface area contributed by atoms with Gasteiger partial charge in [-0.15, -0.1) is 0 Å². The molecule has 0 unspecified atom stereocenters. The number of hydrogen-bond donors (Lipinski definition) is 1. The van der Waals surface area contributed by atoms with Gasteiger partial charge in [0.15, 0.2) is 0 Å². The standard InChI is InChI=1S/C13H19FN2O/c1-4-15-8-13(17)16(3)9-11-7-10(2)5-6-12(11)14/h5-7,15H,4,8-9H2,1-3H3. The lowest BCUT2D eigenvalue weighted by Crippen LogP contribution is -2.35. The maximum absolute atomic E-state index is 13.5. The van der Waals surface area contributed by atoms with Crippen molar-refractivity contribution in [3.05, 3.63) is 35.1 Å². The molecular formula is C13H19FN2O. The molecule has 1 aromatic carbocycles. The van der Waals surface area contributed by atoms with E-state index in [1.807, 2.05) is 13.8 Å². The molecule has 0 saturated heterocycles. The summed E-state index contributed by atoms with van der Waals surface area (Å²) in [6, 6.07) is 4.93. The van der Waals surface area contributed by atoms with Crippen molar-refractivity contribution in [3.63, 3.8) is 0 Å². The molecule has 0 fully saturated rings. The van der Waals surface area contributed by atoms with Crippen LogP contribution >= 0.6 is 0 Å². The van der Waals surface area contributed by atoms with Crippen LogP contribution in [0, 0.1) is 12.7 Å². The molecule has 94 valence electrons. The van der Waals surface area contributed by atoms with E-state index in [1.165, 1.54) is 11.0 Å². The van der Waals surface area contributed by atoms with E-state index in [0.29, 0.717) is 18.7 Å². The number of nitrogens with zero attached hydrogens (tertiary/aromatic N) is 1. The van der Waals surface area contributed by atoms with Crippen LogP contribution in [0.25, 0.3) is 0 Å². The number of nitrogens with one attached hydrogen (secondary N) is 1. The van der Waals surface area contributed by atoms with Crippen molar-refractivity contribution in [1.82, 2.24) is 10.2 Å². The van der Waals surface area contributed by atoms with E-state index in [-0.39, 0.29) is 11.7 Å². The van der Waals surface area contributed by atoms with Crippen molar-refractivity contribution >= 4 is 5.91 Å². The predicted molar refractivity (Wildman–Crippen MR) is 66.2 cm³/mol. The third-order valence-electron chi connectivity index (χ3n) is 2.56. The summed E-state index contributed by atoms with van der Waals surface area (Å²) in [7, 11) is 1.68. The van der Waals surface area contributed by atoms with E-state index in [0.717, 1.165) is 12.1 Å². The van der Waals surface area contributed by atoms with Gasteiger partial charge in [0.05, 0.1) is 6.54 Å². The van der Waals surface area contributed by atoms with Gasteiger partial charge < -0.3 is 10.2 Å². The summed E-state index contributed by atoms with van der Waals surface area (Å²) in [6.07, 6.45) is 0. The largest absolute Gasteiger partial charge is 0.340 e. The van der Waals surface area contributed by atoms with Gasteiger partial charge in [-0.1, -0.05) is 24.6 Å². The van der Waals surface area contributed by atoms with E-state index >= 15 is 0 Å². The predicted octanol–water partition coefficient (Wildman–Crippen LogP) is 1.70. The van der Waals surface area contributed by atoms with Crippen LogP contribution < -0.4 is 5.32 Å². The second-order valence-electron chi connectivity index (χ2n) is 4.12. The lowest BCUT2D eigenvalue weighted by Gasteiger charge is -2.18. The second kappa shape index (κ2) is 6.35. The molecule has 1 amide bonds. The Morgan fingerprint density at radius 1 is 1.47 bits per heavy atom. The maximum atomic E-state index is 13.5. The van der Waals surface area contributed by atoms with Gasteiger partial charge in [-0.25, -0.2) is 4.39 Å². The smallest absolute Gasteiger partial charge is 0.236 e. The fourth-order valence-corrected chi connectivity index (χ4v) is 1.54. The molecule has 0 heterocycles. The van der Waals surface area contributed by atoms with Gasteiger partial charge in [-0.3, -0.25) is 4.79 Å². The molecule has 0 bridgehead atoms. The van der Waals surface area contributed by atoms with E-state index < -0.39 is 0 Å². The SMILES string of the molecule is CCNCC(=O)N(C)Cc1cc(C)ccc1F. The molecule has 1 aromatic rings. The summed E-state index contributed by atoms with van der Waals surface area (Å²) in [5.74, 6) is -0.300. The molecule has 4 heteroatoms. The number of amides is 1. The number of carbonyl (C=O) groups excluding carboxylic acids is 1. The Balaban J connectivity index is 2.64. The van der Waals surface area contributed by atoms with Crippen LogP contribution in [-0.2, 0) is 11.3 Å². The molecule has 0 atom stereocenters. The minimum atomic E-state index is -0.265. The van der Waals surface area contributed by atoms with Crippen LogP contribution in [0.1, 0.15) is 18.1 Å². The first-order valence-corrected chi connectivity index (χ1v) is 5.74. The lowest BCUT2D eigenvalue weighted by molar-refractivity contribution is -0.129. The highest BCUT2D eigenvalue weighted by molar-refractivity contribution is 5.77. The zero-order chi connectivity index (χ0) is 12.8. The van der Waals surface area contributed by atoms with Crippen molar-refractivity contribution in [2.24, 2.45) is 0 Å². The fourth-order valence-electron chi connectivity index (χ4n) is 1.54. The van der Waals surface area contributed by atoms with Gasteiger partial charge in [0, 0.05) is 19.2 Å². The van der Waals surface area contributed by atoms with Gasteiger partial charge in [0.2, 0.25) is 5.91 Å². The first kappa shape index (κ1) is 13.6. The van der Waals surface area contributed by atoms with Crippen LogP contribution in [0.3, 0.4) is 0 Å². The molecule has 0 aliphatic carbocycles. The highest BCUT2D eigenvalue weighted by atomic mass is 19.1. The van der Waals surface area contributed by atoms with Gasteiger partial charge in [-0.2, -0.15) is 0 Å². The van der Waals surface area contributed by atoms with Crippen LogP contribution in [-0.4, -0.2) is 30.9 Å². The summed E-state index contributed by atoms with van der Waals surface area (Å²) in [5, 5.41) is 2.96. The molecule has 0 aromatic heterocycles. The van der Waals surface area contributed by atoms with Crippen LogP contribution in [0.4, 0.5) is 4.39 Å². The summed E-state index contributed by atoms with van der Waals surface area (Å²) in [6.45, 7) is 5.19. The first-order valence-electron chi connectivity index (χ1n) is 5.74. The fraction of sp³-hybridized carbons (Fsp3) is 0.462. The lowest BCUT2D eigenvalue weighted by atomic mass is 10.1. The van der Waals surface area contributed by atoms with Crippen molar-refractivity contribution in [3.8, 4) is 0 Å². The zero-order valence-corrected chi connectivity index (χ0v) is 10.6. The summed E-state index contributed by atoms with van der Waals surface area (Å²) in [4.78, 5) is 13.2. The average Bonchev–Trinajstić information content (AvgIpc) is 2.30. The van der Waals surface area contributed by atoms with Crippen LogP contribution in [0.15, 0.2) is 18.2 Å². The Bertz CT molecular complexity index is 393. The maximum Gasteiger partial charge on any atom is 0.236 e. The van der Waals surface area contributed by atoms with Gasteiger partial charge in [0.1, 0.15) is 5.82 Å². The number of rotatable bonds is 5. The molecule has 3 nitrogen and oxygen atoms in total. The molecule has 0 spiro atoms. The van der Waals surface area contributed by atoms with Gasteiger partial charge in [-0.05, 0) is 19.5 Å². The van der Waals surface area contributed by atoms with E-state index in [1.54, 1.807) is 19.2 Å². The Labute approximate surface area is 102 Å². The normalized spacial score (nSPS) is 10.4. The number of likely N-dealkylation sites (N-methyl/N-ethyl adjacent to an activating group) is 2. The monoisotopic (exact) mass is 238 g/mol. The molecule has 0 aliphatic rings. The Morgan fingerprint density at radius 2 is 2.18 bits per heavy atom. The van der Waals surface area contributed by atoms with Crippen LogP contribution in [0.5, 0.6) is 0 Å². The van der Waals surface area contributed by atoms with Gasteiger partial charge >= 0.3 is 0 Å². The van der Waals surface area contributed by atoms with Crippen molar-refractivity contribution in [2.45, 2.75) is 20.4 Å². The molecule has 1 rings (SSSR count). The second-order valence-corrected chi connectivity index (χ2v) is 4.12. The molecule has 0 radical (unpaired) electrons. The number of aryl methyl sites for hydroxylation is 1. The third-order valence-corrected chi connectivity index (χ3v) is 2.56. The number of hydrogen-bond acceptors (Lipinski definition) is 2. The molecular weight excluding hydrogens is 219 g/mol. The van der Waals surface area contributed by atoms with E-state index in [4.69, 9.17) is 0 Å². The highest BCUT2D eigenvalue weighted by Crippen LogP contribution is 2.11. The van der Waals surface area contributed by atoms with E-state index in [2.05, 4.69) is 5.32 Å². The molecule has 1 N–H and O–H groups in total. The quantitative estimate of drug-likeness (QED) is 0.847. The Morgan fingerprint density at radius 3 is 2.82 bits per heavy atom. The Kier molecular flexibility index (Phi) is 5.10. The van der Waals surface area contributed by atoms with E-state index in [9.17, 15) is 9.18 Å². The van der Waals surface area contributed by atoms with Crippen molar-refractivity contribution < 1.29 is 9.18 Å². The van der Waals surface area contributed by atoms with Crippen molar-refractivity contribution in [1.29, 1.82) is 0 Å². The summed E-state index contributed by atoms with van der Waals surface area (Å²) >= 11 is 0. The highest BCUT2D eigenvalue weighted by Gasteiger charge is 2.11.